The van der Waals surface area contributed by atoms with Crippen molar-refractivity contribution in [1.29, 1.82) is 0 Å². The fourth-order valence-corrected chi connectivity index (χ4v) is 3.50. The zero-order valence-electron chi connectivity index (χ0n) is 13.1. The summed E-state index contributed by atoms with van der Waals surface area (Å²) in [6.07, 6.45) is 2.36. The van der Waals surface area contributed by atoms with Crippen LogP contribution in [0.15, 0.2) is 42.5 Å². The van der Waals surface area contributed by atoms with Crippen molar-refractivity contribution in [3.05, 3.63) is 59.2 Å². The number of rotatable bonds is 2. The van der Waals surface area contributed by atoms with Crippen molar-refractivity contribution in [3.8, 4) is 0 Å². The van der Waals surface area contributed by atoms with Crippen LogP contribution in [0.1, 0.15) is 48.4 Å². The molecule has 3 aromatic rings. The lowest BCUT2D eigenvalue weighted by molar-refractivity contribution is 0.532. The molecular formula is C19H21N3. The predicted molar refractivity (Wildman–Crippen MR) is 91.3 cm³/mol. The van der Waals surface area contributed by atoms with E-state index in [1.54, 1.807) is 0 Å². The number of anilines is 1. The van der Waals surface area contributed by atoms with E-state index in [0.717, 1.165) is 23.4 Å². The zero-order chi connectivity index (χ0) is 15.1. The predicted octanol–water partition coefficient (Wildman–Crippen LogP) is 4.92. The molecule has 22 heavy (non-hydrogen) atoms. The number of imidazole rings is 1. The van der Waals surface area contributed by atoms with Gasteiger partial charge in [-0.05, 0) is 48.9 Å². The lowest BCUT2D eigenvalue weighted by atomic mass is 9.80. The first-order chi connectivity index (χ1) is 10.7. The number of hydrogen-bond donors (Lipinski definition) is 2. The standard InChI is InChI=1S/C19H21N3/c1-12-7-9-14-15(11-12)13(2)8-10-16(14)20-19-21-17-5-3-4-6-18(17)22-19/h3-7,9,11,13,16H,8,10H2,1-2H3,(H2,20,21,22). The van der Waals surface area contributed by atoms with Gasteiger partial charge in [0.2, 0.25) is 5.95 Å². The molecule has 0 saturated heterocycles. The van der Waals surface area contributed by atoms with E-state index in [-0.39, 0.29) is 0 Å². The minimum absolute atomic E-state index is 0.340. The lowest BCUT2D eigenvalue weighted by Gasteiger charge is -2.30. The Bertz CT molecular complexity index is 785. The number of aromatic nitrogens is 2. The third kappa shape index (κ3) is 2.27. The van der Waals surface area contributed by atoms with Crippen LogP contribution >= 0.6 is 0 Å². The maximum Gasteiger partial charge on any atom is 0.201 e. The molecule has 0 amide bonds. The van der Waals surface area contributed by atoms with Crippen molar-refractivity contribution in [2.45, 2.75) is 38.6 Å². The van der Waals surface area contributed by atoms with Crippen molar-refractivity contribution in [2.75, 3.05) is 5.32 Å². The van der Waals surface area contributed by atoms with E-state index in [2.05, 4.69) is 53.4 Å². The SMILES string of the molecule is Cc1ccc2c(c1)C(C)CCC2Nc1nc2ccccc2[nH]1. The first kappa shape index (κ1) is 13.4. The zero-order valence-corrected chi connectivity index (χ0v) is 13.1. The van der Waals surface area contributed by atoms with E-state index in [1.165, 1.54) is 23.1 Å². The molecule has 0 aliphatic heterocycles. The summed E-state index contributed by atoms with van der Waals surface area (Å²) in [5.74, 6) is 1.51. The molecule has 2 N–H and O–H groups in total. The second kappa shape index (κ2) is 5.16. The third-order valence-corrected chi connectivity index (χ3v) is 4.74. The van der Waals surface area contributed by atoms with E-state index in [9.17, 15) is 0 Å². The number of fused-ring (bicyclic) bond motifs is 2. The van der Waals surface area contributed by atoms with E-state index >= 15 is 0 Å². The molecule has 1 aliphatic carbocycles. The fraction of sp³-hybridized carbons (Fsp3) is 0.316. The number of para-hydroxylation sites is 2. The molecule has 0 saturated carbocycles. The van der Waals surface area contributed by atoms with Crippen LogP contribution in [0.2, 0.25) is 0 Å². The molecule has 2 atom stereocenters. The first-order valence-electron chi connectivity index (χ1n) is 8.02. The highest BCUT2D eigenvalue weighted by molar-refractivity contribution is 5.77. The van der Waals surface area contributed by atoms with Gasteiger partial charge in [0.15, 0.2) is 0 Å². The Balaban J connectivity index is 1.67. The summed E-state index contributed by atoms with van der Waals surface area (Å²) in [5, 5.41) is 3.60. The summed E-state index contributed by atoms with van der Waals surface area (Å²) in [6.45, 7) is 4.50. The highest BCUT2D eigenvalue weighted by Gasteiger charge is 2.25. The van der Waals surface area contributed by atoms with Crippen LogP contribution in [-0.4, -0.2) is 9.97 Å². The van der Waals surface area contributed by atoms with Gasteiger partial charge in [-0.1, -0.05) is 42.8 Å². The Labute approximate surface area is 130 Å². The van der Waals surface area contributed by atoms with Gasteiger partial charge in [-0.2, -0.15) is 0 Å². The smallest absolute Gasteiger partial charge is 0.201 e. The van der Waals surface area contributed by atoms with Gasteiger partial charge in [0.1, 0.15) is 0 Å². The van der Waals surface area contributed by atoms with E-state index in [0.29, 0.717) is 12.0 Å². The second-order valence-corrected chi connectivity index (χ2v) is 6.41. The molecule has 2 aromatic carbocycles. The molecule has 0 radical (unpaired) electrons. The highest BCUT2D eigenvalue weighted by atomic mass is 15.1. The number of aromatic amines is 1. The van der Waals surface area contributed by atoms with Gasteiger partial charge in [-0.15, -0.1) is 0 Å². The molecule has 1 heterocycles. The Morgan fingerprint density at radius 3 is 2.82 bits per heavy atom. The molecule has 2 unspecified atom stereocenters. The van der Waals surface area contributed by atoms with Crippen molar-refractivity contribution in [2.24, 2.45) is 0 Å². The van der Waals surface area contributed by atoms with Crippen molar-refractivity contribution < 1.29 is 0 Å². The highest BCUT2D eigenvalue weighted by Crippen LogP contribution is 2.39. The van der Waals surface area contributed by atoms with Crippen molar-refractivity contribution in [1.82, 2.24) is 9.97 Å². The summed E-state index contributed by atoms with van der Waals surface area (Å²) in [4.78, 5) is 8.02. The Hall–Kier alpha value is -2.29. The average molecular weight is 291 g/mol. The van der Waals surface area contributed by atoms with Crippen LogP contribution in [0, 0.1) is 6.92 Å². The summed E-state index contributed by atoms with van der Waals surface area (Å²) < 4.78 is 0. The van der Waals surface area contributed by atoms with Crippen LogP contribution in [-0.2, 0) is 0 Å². The number of benzene rings is 2. The number of nitrogens with zero attached hydrogens (tertiary/aromatic N) is 1. The lowest BCUT2D eigenvalue weighted by Crippen LogP contribution is -2.20. The number of nitrogens with one attached hydrogen (secondary N) is 2. The summed E-state index contributed by atoms with van der Waals surface area (Å²) >= 11 is 0. The molecule has 4 rings (SSSR count). The van der Waals surface area contributed by atoms with E-state index in [4.69, 9.17) is 0 Å². The van der Waals surface area contributed by atoms with Gasteiger partial charge in [-0.25, -0.2) is 4.98 Å². The van der Waals surface area contributed by atoms with Gasteiger partial charge < -0.3 is 10.3 Å². The van der Waals surface area contributed by atoms with Crippen LogP contribution in [0.4, 0.5) is 5.95 Å². The van der Waals surface area contributed by atoms with Crippen LogP contribution < -0.4 is 5.32 Å². The second-order valence-electron chi connectivity index (χ2n) is 6.41. The largest absolute Gasteiger partial charge is 0.349 e. The molecule has 0 bridgehead atoms. The maximum absolute atomic E-state index is 4.65. The maximum atomic E-state index is 4.65. The summed E-state index contributed by atoms with van der Waals surface area (Å²) in [5.41, 5.74) is 6.34. The van der Waals surface area contributed by atoms with Crippen LogP contribution in [0.5, 0.6) is 0 Å². The van der Waals surface area contributed by atoms with Gasteiger partial charge in [0, 0.05) is 0 Å². The molecule has 3 nitrogen and oxygen atoms in total. The van der Waals surface area contributed by atoms with Crippen molar-refractivity contribution in [3.63, 3.8) is 0 Å². The fourth-order valence-electron chi connectivity index (χ4n) is 3.50. The average Bonchev–Trinajstić information content (AvgIpc) is 2.92. The third-order valence-electron chi connectivity index (χ3n) is 4.74. The minimum Gasteiger partial charge on any atom is -0.349 e. The first-order valence-corrected chi connectivity index (χ1v) is 8.02. The van der Waals surface area contributed by atoms with E-state index in [1.807, 2.05) is 18.2 Å². The molecular weight excluding hydrogens is 270 g/mol. The monoisotopic (exact) mass is 291 g/mol. The molecule has 1 aliphatic rings. The van der Waals surface area contributed by atoms with E-state index < -0.39 is 0 Å². The van der Waals surface area contributed by atoms with Gasteiger partial charge in [-0.3, -0.25) is 0 Å². The molecule has 0 fully saturated rings. The quantitative estimate of drug-likeness (QED) is 0.703. The van der Waals surface area contributed by atoms with Gasteiger partial charge >= 0.3 is 0 Å². The summed E-state index contributed by atoms with van der Waals surface area (Å²) in [7, 11) is 0. The molecule has 112 valence electrons. The number of aryl methyl sites for hydroxylation is 1. The Morgan fingerprint density at radius 1 is 1.09 bits per heavy atom. The number of hydrogen-bond acceptors (Lipinski definition) is 2. The van der Waals surface area contributed by atoms with Crippen LogP contribution in [0.3, 0.4) is 0 Å². The summed E-state index contributed by atoms with van der Waals surface area (Å²) in [6, 6.07) is 15.3. The molecule has 3 heteroatoms. The minimum atomic E-state index is 0.340. The van der Waals surface area contributed by atoms with Crippen LogP contribution in [0.25, 0.3) is 11.0 Å². The Kier molecular flexibility index (Phi) is 3.14. The van der Waals surface area contributed by atoms with Gasteiger partial charge in [0.25, 0.3) is 0 Å². The normalized spacial score (nSPS) is 20.8. The molecule has 0 spiro atoms. The van der Waals surface area contributed by atoms with Gasteiger partial charge in [0.05, 0.1) is 17.1 Å². The van der Waals surface area contributed by atoms with Crippen molar-refractivity contribution >= 4 is 17.0 Å². The number of H-pyrrole nitrogens is 1. The molecule has 1 aromatic heterocycles. The Morgan fingerprint density at radius 2 is 1.95 bits per heavy atom. The topological polar surface area (TPSA) is 40.7 Å².